The second kappa shape index (κ2) is 7.96. The number of sulfonamides is 1. The summed E-state index contributed by atoms with van der Waals surface area (Å²) < 4.78 is 43.7. The first-order valence-corrected chi connectivity index (χ1v) is 11.8. The van der Waals surface area contributed by atoms with Gasteiger partial charge in [0.2, 0.25) is 5.91 Å². The topological polar surface area (TPSA) is 97.2 Å². The van der Waals surface area contributed by atoms with Gasteiger partial charge in [-0.05, 0) is 61.4 Å². The Morgan fingerprint density at radius 1 is 1.18 bits per heavy atom. The quantitative estimate of drug-likeness (QED) is 0.486. The smallest absolute Gasteiger partial charge is 0.263 e. The Kier molecular flexibility index (Phi) is 5.09. The zero-order valence-electron chi connectivity index (χ0n) is 17.6. The molecule has 2 aromatic heterocycles. The fourth-order valence-electron chi connectivity index (χ4n) is 4.16. The highest BCUT2D eigenvalue weighted by Gasteiger charge is 2.30. The number of hydrogen-bond donors (Lipinski definition) is 1. The van der Waals surface area contributed by atoms with Crippen molar-refractivity contribution in [2.24, 2.45) is 0 Å². The number of halogens is 1. The number of carbonyl (C=O) groups is 1. The van der Waals surface area contributed by atoms with Crippen molar-refractivity contribution >= 4 is 38.3 Å². The summed E-state index contributed by atoms with van der Waals surface area (Å²) in [5.41, 5.74) is 2.09. The van der Waals surface area contributed by atoms with Crippen LogP contribution in [0.2, 0.25) is 0 Å². The predicted molar refractivity (Wildman–Crippen MR) is 122 cm³/mol. The molecule has 33 heavy (non-hydrogen) atoms. The molecule has 8 nitrogen and oxygen atoms in total. The van der Waals surface area contributed by atoms with Crippen LogP contribution >= 0.6 is 0 Å². The molecular weight excluding hydrogens is 445 g/mol. The predicted octanol–water partition coefficient (Wildman–Crippen LogP) is 3.52. The van der Waals surface area contributed by atoms with E-state index in [1.807, 2.05) is 0 Å². The van der Waals surface area contributed by atoms with Crippen LogP contribution in [0.1, 0.15) is 18.5 Å². The average molecular weight is 466 g/mol. The summed E-state index contributed by atoms with van der Waals surface area (Å²) in [6.07, 6.45) is 4.95. The van der Waals surface area contributed by atoms with Crippen LogP contribution in [0.3, 0.4) is 0 Å². The van der Waals surface area contributed by atoms with Crippen molar-refractivity contribution in [3.8, 4) is 0 Å². The first kappa shape index (κ1) is 21.1. The van der Waals surface area contributed by atoms with E-state index in [-0.39, 0.29) is 22.4 Å². The lowest BCUT2D eigenvalue weighted by Gasteiger charge is -2.23. The maximum atomic E-state index is 14.1. The van der Waals surface area contributed by atoms with Crippen molar-refractivity contribution < 1.29 is 17.6 Å². The highest BCUT2D eigenvalue weighted by Crippen LogP contribution is 2.33. The first-order chi connectivity index (χ1) is 15.8. The zero-order chi connectivity index (χ0) is 23.2. The van der Waals surface area contributed by atoms with E-state index in [4.69, 9.17) is 0 Å². The molecule has 0 unspecified atom stereocenters. The summed E-state index contributed by atoms with van der Waals surface area (Å²) >= 11 is 0. The molecule has 0 aliphatic carbocycles. The van der Waals surface area contributed by atoms with Gasteiger partial charge >= 0.3 is 0 Å². The molecule has 5 rings (SSSR count). The molecule has 2 aromatic carbocycles. The molecule has 0 spiro atoms. The molecule has 1 amide bonds. The zero-order valence-corrected chi connectivity index (χ0v) is 18.5. The van der Waals surface area contributed by atoms with Gasteiger partial charge in [0.1, 0.15) is 24.0 Å². The molecule has 1 aliphatic rings. The van der Waals surface area contributed by atoms with Gasteiger partial charge in [-0.1, -0.05) is 6.07 Å². The number of rotatable bonds is 5. The van der Waals surface area contributed by atoms with Gasteiger partial charge in [0.15, 0.2) is 0 Å². The molecular formula is C23H20FN5O3S. The van der Waals surface area contributed by atoms with Crippen LogP contribution < -0.4 is 9.62 Å². The number of anilines is 2. The number of hydrogen-bond acceptors (Lipinski definition) is 5. The molecule has 0 saturated heterocycles. The standard InChI is InChI=1S/C23H20FN5O3S/c1-15(28-12-9-18-19(24)3-2-4-21(18)28)23(30)29-11-8-16-13-17(5-6-20(16)29)33(31,32)27-22-7-10-25-14-26-22/h2-7,9-10,12-15H,8,11H2,1H3,(H,25,26,27)/t15-/m0/s1. The summed E-state index contributed by atoms with van der Waals surface area (Å²) in [7, 11) is -3.84. The van der Waals surface area contributed by atoms with E-state index in [0.29, 0.717) is 29.6 Å². The molecule has 0 bridgehead atoms. The van der Waals surface area contributed by atoms with E-state index in [1.165, 1.54) is 30.7 Å². The van der Waals surface area contributed by atoms with Crippen molar-refractivity contribution in [3.05, 3.63) is 78.6 Å². The highest BCUT2D eigenvalue weighted by molar-refractivity contribution is 7.92. The largest absolute Gasteiger partial charge is 0.335 e. The third-order valence-corrected chi connectivity index (χ3v) is 7.18. The van der Waals surface area contributed by atoms with Gasteiger partial charge in [0, 0.05) is 30.0 Å². The Balaban J connectivity index is 1.41. The number of benzene rings is 2. The number of amides is 1. The summed E-state index contributed by atoms with van der Waals surface area (Å²) in [6, 6.07) is 12.1. The normalized spacial score (nSPS) is 14.3. The molecule has 0 radical (unpaired) electrons. The first-order valence-electron chi connectivity index (χ1n) is 10.3. The summed E-state index contributed by atoms with van der Waals surface area (Å²) in [5, 5.41) is 0.463. The van der Waals surface area contributed by atoms with E-state index in [0.717, 1.165) is 5.56 Å². The van der Waals surface area contributed by atoms with Crippen LogP contribution in [0.25, 0.3) is 10.9 Å². The number of fused-ring (bicyclic) bond motifs is 2. The van der Waals surface area contributed by atoms with Gasteiger partial charge in [0.25, 0.3) is 10.0 Å². The van der Waals surface area contributed by atoms with Crippen molar-refractivity contribution in [3.63, 3.8) is 0 Å². The van der Waals surface area contributed by atoms with Gasteiger partial charge in [-0.3, -0.25) is 9.52 Å². The average Bonchev–Trinajstić information content (AvgIpc) is 3.43. The fraction of sp³-hybridized carbons (Fsp3) is 0.174. The van der Waals surface area contributed by atoms with Crippen molar-refractivity contribution in [1.29, 1.82) is 0 Å². The second-order valence-corrected chi connectivity index (χ2v) is 9.48. The Hall–Kier alpha value is -3.79. The molecule has 1 aliphatic heterocycles. The summed E-state index contributed by atoms with van der Waals surface area (Å²) in [6.45, 7) is 2.21. The van der Waals surface area contributed by atoms with E-state index in [2.05, 4.69) is 14.7 Å². The third-order valence-electron chi connectivity index (χ3n) is 5.83. The van der Waals surface area contributed by atoms with E-state index in [1.54, 1.807) is 52.9 Å². The Morgan fingerprint density at radius 2 is 2.03 bits per heavy atom. The van der Waals surface area contributed by atoms with Crippen LogP contribution in [0.15, 0.2) is 72.1 Å². The minimum atomic E-state index is -3.84. The van der Waals surface area contributed by atoms with Gasteiger partial charge < -0.3 is 9.47 Å². The van der Waals surface area contributed by atoms with Gasteiger partial charge in [0.05, 0.1) is 10.4 Å². The molecule has 1 N–H and O–H groups in total. The second-order valence-electron chi connectivity index (χ2n) is 7.80. The van der Waals surface area contributed by atoms with Crippen LogP contribution in [-0.2, 0) is 21.2 Å². The van der Waals surface area contributed by atoms with Crippen molar-refractivity contribution in [2.75, 3.05) is 16.2 Å². The Morgan fingerprint density at radius 3 is 2.82 bits per heavy atom. The van der Waals surface area contributed by atoms with Crippen LogP contribution in [0.4, 0.5) is 15.9 Å². The lowest BCUT2D eigenvalue weighted by molar-refractivity contribution is -0.121. The highest BCUT2D eigenvalue weighted by atomic mass is 32.2. The summed E-state index contributed by atoms with van der Waals surface area (Å²) in [4.78, 5) is 22.7. The summed E-state index contributed by atoms with van der Waals surface area (Å²) in [5.74, 6) is -0.307. The van der Waals surface area contributed by atoms with Crippen LogP contribution in [-0.4, -0.2) is 35.4 Å². The number of nitrogens with one attached hydrogen (secondary N) is 1. The molecule has 168 valence electrons. The maximum Gasteiger partial charge on any atom is 0.263 e. The Labute approximate surface area is 189 Å². The van der Waals surface area contributed by atoms with Crippen molar-refractivity contribution in [1.82, 2.24) is 14.5 Å². The minimum absolute atomic E-state index is 0.0917. The van der Waals surface area contributed by atoms with Gasteiger partial charge in [-0.15, -0.1) is 0 Å². The van der Waals surface area contributed by atoms with Crippen LogP contribution in [0, 0.1) is 5.82 Å². The minimum Gasteiger partial charge on any atom is -0.335 e. The monoisotopic (exact) mass is 465 g/mol. The van der Waals surface area contributed by atoms with E-state index >= 15 is 0 Å². The lowest BCUT2D eigenvalue weighted by Crippen LogP contribution is -2.34. The van der Waals surface area contributed by atoms with Crippen LogP contribution in [0.5, 0.6) is 0 Å². The molecule has 1 atom stereocenters. The maximum absolute atomic E-state index is 14.1. The van der Waals surface area contributed by atoms with E-state index < -0.39 is 16.1 Å². The van der Waals surface area contributed by atoms with Gasteiger partial charge in [-0.2, -0.15) is 0 Å². The fourth-order valence-corrected chi connectivity index (χ4v) is 5.21. The van der Waals surface area contributed by atoms with Gasteiger partial charge in [-0.25, -0.2) is 22.8 Å². The molecule has 4 aromatic rings. The molecule has 0 fully saturated rings. The Bertz CT molecular complexity index is 1470. The SMILES string of the molecule is C[C@@H](C(=O)N1CCc2cc(S(=O)(=O)Nc3ccncn3)ccc21)n1ccc2c(F)cccc21. The lowest BCUT2D eigenvalue weighted by atomic mass is 10.1. The third kappa shape index (κ3) is 3.72. The van der Waals surface area contributed by atoms with E-state index in [9.17, 15) is 17.6 Å². The number of carbonyl (C=O) groups excluding carboxylic acids is 1. The number of nitrogens with zero attached hydrogens (tertiary/aromatic N) is 4. The number of aromatic nitrogens is 3. The molecule has 3 heterocycles. The van der Waals surface area contributed by atoms with Crippen molar-refractivity contribution in [2.45, 2.75) is 24.3 Å². The molecule has 0 saturated carbocycles. The molecule has 10 heteroatoms.